The zero-order valence-electron chi connectivity index (χ0n) is 13.9. The van der Waals surface area contributed by atoms with Gasteiger partial charge in [-0.05, 0) is 36.6 Å². The number of carbonyl (C=O) groups is 1. The predicted molar refractivity (Wildman–Crippen MR) is 90.9 cm³/mol. The van der Waals surface area contributed by atoms with E-state index in [4.69, 9.17) is 4.74 Å². The number of pyridine rings is 1. The van der Waals surface area contributed by atoms with Gasteiger partial charge in [-0.25, -0.2) is 0 Å². The fourth-order valence-corrected chi connectivity index (χ4v) is 2.12. The number of rotatable bonds is 5. The molecule has 5 nitrogen and oxygen atoms in total. The topological polar surface area (TPSA) is 60.3 Å². The smallest absolute Gasteiger partial charge is 0.265 e. The highest BCUT2D eigenvalue weighted by Gasteiger charge is 2.15. The van der Waals surface area contributed by atoms with Gasteiger partial charge in [0.25, 0.3) is 5.91 Å². The Bertz CT molecular complexity index is 750. The first-order chi connectivity index (χ1) is 10.9. The first-order valence-corrected chi connectivity index (χ1v) is 7.61. The molecule has 0 fully saturated rings. The highest BCUT2D eigenvalue weighted by Crippen LogP contribution is 2.21. The zero-order chi connectivity index (χ0) is 17.0. The van der Waals surface area contributed by atoms with Gasteiger partial charge in [-0.2, -0.15) is 0 Å². The zero-order valence-corrected chi connectivity index (χ0v) is 13.9. The predicted octanol–water partition coefficient (Wildman–Crippen LogP) is 2.91. The number of carbonyl (C=O) groups excluding carboxylic acids is 1. The van der Waals surface area contributed by atoms with Crippen LogP contribution in [0.25, 0.3) is 0 Å². The minimum absolute atomic E-state index is 0.127. The van der Waals surface area contributed by atoms with Crippen molar-refractivity contribution in [3.05, 3.63) is 58.5 Å². The second-order valence-electron chi connectivity index (χ2n) is 5.84. The van der Waals surface area contributed by atoms with Gasteiger partial charge < -0.3 is 14.6 Å². The van der Waals surface area contributed by atoms with Gasteiger partial charge in [-0.3, -0.25) is 9.59 Å². The minimum Gasteiger partial charge on any atom is -0.481 e. The van der Waals surface area contributed by atoms with E-state index in [1.54, 1.807) is 26.2 Å². The number of aryl methyl sites for hydroxylation is 1. The van der Waals surface area contributed by atoms with Gasteiger partial charge in [0, 0.05) is 19.3 Å². The minimum atomic E-state index is -0.644. The van der Waals surface area contributed by atoms with Gasteiger partial charge in [0.05, 0.1) is 5.69 Å². The molecule has 0 aliphatic heterocycles. The maximum absolute atomic E-state index is 12.2. The Balaban J connectivity index is 2.03. The lowest BCUT2D eigenvalue weighted by molar-refractivity contribution is -0.122. The van der Waals surface area contributed by atoms with E-state index in [1.807, 2.05) is 24.3 Å². The molecule has 122 valence electrons. The Morgan fingerprint density at radius 2 is 1.91 bits per heavy atom. The maximum Gasteiger partial charge on any atom is 0.265 e. The lowest BCUT2D eigenvalue weighted by Crippen LogP contribution is -2.30. The number of benzene rings is 1. The third-order valence-electron chi connectivity index (χ3n) is 3.56. The van der Waals surface area contributed by atoms with Crippen molar-refractivity contribution >= 4 is 11.6 Å². The van der Waals surface area contributed by atoms with Crippen molar-refractivity contribution in [2.45, 2.75) is 32.8 Å². The van der Waals surface area contributed by atoms with E-state index in [2.05, 4.69) is 19.2 Å². The van der Waals surface area contributed by atoms with Gasteiger partial charge in [0.2, 0.25) is 5.56 Å². The van der Waals surface area contributed by atoms with Crippen LogP contribution in [0.3, 0.4) is 0 Å². The average Bonchev–Trinajstić information content (AvgIpc) is 2.51. The molecule has 0 aliphatic rings. The molecular formula is C18H22N2O3. The summed E-state index contributed by atoms with van der Waals surface area (Å²) in [6.07, 6.45) is 0.932. The summed E-state index contributed by atoms with van der Waals surface area (Å²) in [6, 6.07) is 10.7. The van der Waals surface area contributed by atoms with Crippen LogP contribution in [0.15, 0.2) is 47.4 Å². The third kappa shape index (κ3) is 4.45. The number of aromatic nitrogens is 1. The number of anilines is 1. The molecule has 1 atom stereocenters. The van der Waals surface area contributed by atoms with Crippen molar-refractivity contribution in [1.29, 1.82) is 0 Å². The summed E-state index contributed by atoms with van der Waals surface area (Å²) in [5, 5.41) is 2.74. The van der Waals surface area contributed by atoms with Crippen molar-refractivity contribution in [2.24, 2.45) is 7.05 Å². The van der Waals surface area contributed by atoms with Crippen LogP contribution in [0.4, 0.5) is 5.69 Å². The summed E-state index contributed by atoms with van der Waals surface area (Å²) in [5.74, 6) is 0.797. The molecule has 1 aromatic carbocycles. The standard InChI is InChI=1S/C18H22N2O3/c1-12(2)14-6-5-7-16(10-14)23-13(3)18(22)19-15-8-9-17(21)20(4)11-15/h5-13H,1-4H3,(H,19,22)/t13-/m0/s1. The van der Waals surface area contributed by atoms with Crippen molar-refractivity contribution in [3.63, 3.8) is 0 Å². The van der Waals surface area contributed by atoms with E-state index in [0.717, 1.165) is 5.56 Å². The summed E-state index contributed by atoms with van der Waals surface area (Å²) in [5.41, 5.74) is 1.59. The van der Waals surface area contributed by atoms with E-state index >= 15 is 0 Å². The molecule has 23 heavy (non-hydrogen) atoms. The molecule has 1 heterocycles. The van der Waals surface area contributed by atoms with Crippen molar-refractivity contribution in [3.8, 4) is 5.75 Å². The van der Waals surface area contributed by atoms with E-state index in [0.29, 0.717) is 17.4 Å². The second-order valence-corrected chi connectivity index (χ2v) is 5.84. The van der Waals surface area contributed by atoms with Crippen molar-refractivity contribution in [2.75, 3.05) is 5.32 Å². The maximum atomic E-state index is 12.2. The van der Waals surface area contributed by atoms with Gasteiger partial charge in [0.15, 0.2) is 6.10 Å². The molecule has 0 aliphatic carbocycles. The number of nitrogens with zero attached hydrogens (tertiary/aromatic N) is 1. The fraction of sp³-hybridized carbons (Fsp3) is 0.333. The van der Waals surface area contributed by atoms with E-state index in [9.17, 15) is 9.59 Å². The van der Waals surface area contributed by atoms with Crippen LogP contribution in [0.5, 0.6) is 5.75 Å². The van der Waals surface area contributed by atoms with Gasteiger partial charge in [-0.15, -0.1) is 0 Å². The number of ether oxygens (including phenoxy) is 1. The fourth-order valence-electron chi connectivity index (χ4n) is 2.12. The SMILES string of the molecule is CC(C)c1cccc(O[C@@H](C)C(=O)Nc2ccc(=O)n(C)c2)c1. The molecule has 0 spiro atoms. The number of amides is 1. The summed E-state index contributed by atoms with van der Waals surface area (Å²) >= 11 is 0. The van der Waals surface area contributed by atoms with Gasteiger partial charge in [-0.1, -0.05) is 26.0 Å². The summed E-state index contributed by atoms with van der Waals surface area (Å²) in [7, 11) is 1.63. The lowest BCUT2D eigenvalue weighted by atomic mass is 10.0. The largest absolute Gasteiger partial charge is 0.481 e. The number of nitrogens with one attached hydrogen (secondary N) is 1. The van der Waals surface area contributed by atoms with E-state index in [-0.39, 0.29) is 11.5 Å². The Kier molecular flexibility index (Phi) is 5.21. The molecular weight excluding hydrogens is 292 g/mol. The Morgan fingerprint density at radius 1 is 1.17 bits per heavy atom. The summed E-state index contributed by atoms with van der Waals surface area (Å²) in [4.78, 5) is 23.6. The van der Waals surface area contributed by atoms with Crippen LogP contribution in [-0.4, -0.2) is 16.6 Å². The molecule has 0 saturated carbocycles. The summed E-state index contributed by atoms with van der Waals surface area (Å²) < 4.78 is 7.12. The molecule has 1 aromatic heterocycles. The number of hydrogen-bond acceptors (Lipinski definition) is 3. The molecule has 1 N–H and O–H groups in total. The summed E-state index contributed by atoms with van der Waals surface area (Å²) in [6.45, 7) is 5.91. The molecule has 0 unspecified atom stereocenters. The van der Waals surface area contributed by atoms with Crippen LogP contribution in [-0.2, 0) is 11.8 Å². The molecule has 2 rings (SSSR count). The Labute approximate surface area is 135 Å². The second kappa shape index (κ2) is 7.13. The first kappa shape index (κ1) is 16.8. The third-order valence-corrected chi connectivity index (χ3v) is 3.56. The first-order valence-electron chi connectivity index (χ1n) is 7.61. The average molecular weight is 314 g/mol. The molecule has 5 heteroatoms. The molecule has 2 aromatic rings. The monoisotopic (exact) mass is 314 g/mol. The lowest BCUT2D eigenvalue weighted by Gasteiger charge is -2.16. The molecule has 0 radical (unpaired) electrons. The Hall–Kier alpha value is -2.56. The molecule has 1 amide bonds. The number of hydrogen-bond donors (Lipinski definition) is 1. The van der Waals surface area contributed by atoms with Gasteiger partial charge >= 0.3 is 0 Å². The highest BCUT2D eigenvalue weighted by molar-refractivity contribution is 5.93. The van der Waals surface area contributed by atoms with Crippen LogP contribution >= 0.6 is 0 Å². The van der Waals surface area contributed by atoms with Crippen molar-refractivity contribution < 1.29 is 9.53 Å². The van der Waals surface area contributed by atoms with Crippen LogP contribution in [0.2, 0.25) is 0 Å². The highest BCUT2D eigenvalue weighted by atomic mass is 16.5. The van der Waals surface area contributed by atoms with Crippen LogP contribution < -0.4 is 15.6 Å². The molecule has 0 bridgehead atoms. The van der Waals surface area contributed by atoms with E-state index < -0.39 is 6.10 Å². The Morgan fingerprint density at radius 3 is 2.57 bits per heavy atom. The van der Waals surface area contributed by atoms with Crippen LogP contribution in [0, 0.1) is 0 Å². The normalized spacial score (nSPS) is 12.0. The van der Waals surface area contributed by atoms with Crippen LogP contribution in [0.1, 0.15) is 32.3 Å². The quantitative estimate of drug-likeness (QED) is 0.923. The van der Waals surface area contributed by atoms with Gasteiger partial charge in [0.1, 0.15) is 5.75 Å². The van der Waals surface area contributed by atoms with Crippen molar-refractivity contribution in [1.82, 2.24) is 4.57 Å². The molecule has 0 saturated heterocycles. The van der Waals surface area contributed by atoms with E-state index in [1.165, 1.54) is 10.6 Å².